The Morgan fingerprint density at radius 1 is 1.07 bits per heavy atom. The Bertz CT molecular complexity index is 626. The molecule has 0 aromatic heterocycles. The number of nitrogens with one attached hydrogen (secondary N) is 2. The average Bonchev–Trinajstić information content (AvgIpc) is 3.44. The number of hydrogen-bond donors (Lipinski definition) is 3. The number of aliphatic hydroxyl groups is 1. The van der Waals surface area contributed by atoms with Crippen molar-refractivity contribution >= 4 is 0 Å². The summed E-state index contributed by atoms with van der Waals surface area (Å²) in [5.41, 5.74) is 2.11. The highest BCUT2D eigenvalue weighted by molar-refractivity contribution is 5.33. The molecule has 2 aliphatic carbocycles. The molecule has 6 heteroatoms. The third-order valence-electron chi connectivity index (χ3n) is 6.23. The van der Waals surface area contributed by atoms with Crippen LogP contribution in [-0.2, 0) is 4.74 Å². The molecule has 1 heterocycles. The second kappa shape index (κ2) is 8.11. The van der Waals surface area contributed by atoms with Gasteiger partial charge in [-0.3, -0.25) is 5.32 Å². The zero-order valence-electron chi connectivity index (χ0n) is 15.7. The SMILES string of the molecule is OC(NC1CCOCC1)c1cccc([C@H]2CC2NC2CCC(F)(F)CC2)c1. The topological polar surface area (TPSA) is 53.5 Å². The van der Waals surface area contributed by atoms with Gasteiger partial charge in [-0.15, -0.1) is 0 Å². The minimum atomic E-state index is -2.47. The predicted molar refractivity (Wildman–Crippen MR) is 99.9 cm³/mol. The first-order chi connectivity index (χ1) is 13.0. The standard InChI is InChI=1S/C21H30F2N2O2/c22-21(23)8-4-16(5-9-21)24-19-13-18(19)14-2-1-3-15(12-14)20(26)25-17-6-10-27-11-7-17/h1-3,12,16-20,24-26H,4-11,13H2/t18-,19?,20?/m1/s1. The maximum atomic E-state index is 13.3. The van der Waals surface area contributed by atoms with Crippen molar-refractivity contribution in [3.63, 3.8) is 0 Å². The summed E-state index contributed by atoms with van der Waals surface area (Å²) >= 11 is 0. The highest BCUT2D eigenvalue weighted by Crippen LogP contribution is 2.43. The van der Waals surface area contributed by atoms with Crippen LogP contribution in [0.25, 0.3) is 0 Å². The summed E-state index contributed by atoms with van der Waals surface area (Å²) in [5.74, 6) is -2.05. The molecule has 4 rings (SSSR count). The predicted octanol–water partition coefficient (Wildman–Crippen LogP) is 3.47. The fraction of sp³-hybridized carbons (Fsp3) is 0.714. The van der Waals surface area contributed by atoms with E-state index in [1.54, 1.807) is 0 Å². The molecule has 0 bridgehead atoms. The van der Waals surface area contributed by atoms with E-state index >= 15 is 0 Å². The summed E-state index contributed by atoms with van der Waals surface area (Å²) in [5, 5.41) is 17.4. The van der Waals surface area contributed by atoms with Crippen LogP contribution in [0.5, 0.6) is 0 Å². The van der Waals surface area contributed by atoms with Crippen molar-refractivity contribution in [1.82, 2.24) is 10.6 Å². The van der Waals surface area contributed by atoms with E-state index in [9.17, 15) is 13.9 Å². The Labute approximate surface area is 159 Å². The molecule has 1 saturated heterocycles. The lowest BCUT2D eigenvalue weighted by Gasteiger charge is -2.29. The van der Waals surface area contributed by atoms with Gasteiger partial charge in [-0.05, 0) is 43.2 Å². The van der Waals surface area contributed by atoms with E-state index in [2.05, 4.69) is 22.8 Å². The summed E-state index contributed by atoms with van der Waals surface area (Å²) in [7, 11) is 0. The molecule has 1 aromatic rings. The average molecular weight is 380 g/mol. The van der Waals surface area contributed by atoms with E-state index in [0.29, 0.717) is 24.8 Å². The zero-order chi connectivity index (χ0) is 18.9. The van der Waals surface area contributed by atoms with E-state index in [0.717, 1.165) is 38.0 Å². The maximum Gasteiger partial charge on any atom is 0.248 e. The first-order valence-corrected chi connectivity index (χ1v) is 10.3. The number of benzene rings is 1. The van der Waals surface area contributed by atoms with Crippen LogP contribution >= 0.6 is 0 Å². The molecular formula is C21H30F2N2O2. The van der Waals surface area contributed by atoms with Crippen molar-refractivity contribution in [1.29, 1.82) is 0 Å². The fourth-order valence-electron chi connectivity index (χ4n) is 4.40. The van der Waals surface area contributed by atoms with Crippen LogP contribution in [0, 0.1) is 0 Å². The van der Waals surface area contributed by atoms with Crippen LogP contribution in [0.4, 0.5) is 8.78 Å². The smallest absolute Gasteiger partial charge is 0.248 e. The van der Waals surface area contributed by atoms with Gasteiger partial charge in [0.15, 0.2) is 0 Å². The Morgan fingerprint density at radius 2 is 1.81 bits per heavy atom. The normalized spacial score (nSPS) is 30.2. The maximum absolute atomic E-state index is 13.3. The monoisotopic (exact) mass is 380 g/mol. The molecule has 0 radical (unpaired) electrons. The van der Waals surface area contributed by atoms with E-state index in [1.807, 2.05) is 12.1 Å². The second-order valence-electron chi connectivity index (χ2n) is 8.37. The lowest BCUT2D eigenvalue weighted by Crippen LogP contribution is -2.38. The second-order valence-corrected chi connectivity index (χ2v) is 8.37. The quantitative estimate of drug-likeness (QED) is 0.662. The van der Waals surface area contributed by atoms with Gasteiger partial charge >= 0.3 is 0 Å². The minimum Gasteiger partial charge on any atom is -0.381 e. The fourth-order valence-corrected chi connectivity index (χ4v) is 4.40. The molecule has 1 aromatic carbocycles. The molecule has 0 spiro atoms. The van der Waals surface area contributed by atoms with Gasteiger partial charge in [0.05, 0.1) is 0 Å². The third-order valence-corrected chi connectivity index (χ3v) is 6.23. The zero-order valence-corrected chi connectivity index (χ0v) is 15.7. The number of halogens is 2. The number of alkyl halides is 2. The molecule has 1 aliphatic heterocycles. The summed E-state index contributed by atoms with van der Waals surface area (Å²) in [6.07, 6.45) is 3.34. The van der Waals surface area contributed by atoms with Crippen molar-refractivity contribution in [3.05, 3.63) is 35.4 Å². The largest absolute Gasteiger partial charge is 0.381 e. The Hall–Kier alpha value is -1.08. The lowest BCUT2D eigenvalue weighted by molar-refractivity contribution is -0.0405. The number of rotatable bonds is 6. The van der Waals surface area contributed by atoms with Crippen LogP contribution in [0.15, 0.2) is 24.3 Å². The van der Waals surface area contributed by atoms with Crippen LogP contribution < -0.4 is 10.6 Å². The van der Waals surface area contributed by atoms with Crippen molar-refractivity contribution in [2.24, 2.45) is 0 Å². The van der Waals surface area contributed by atoms with Crippen LogP contribution in [0.1, 0.15) is 68.2 Å². The Balaban J connectivity index is 1.29. The van der Waals surface area contributed by atoms with Gasteiger partial charge < -0.3 is 15.2 Å². The molecule has 2 unspecified atom stereocenters. The molecule has 3 N–H and O–H groups in total. The van der Waals surface area contributed by atoms with Crippen LogP contribution in [0.2, 0.25) is 0 Å². The minimum absolute atomic E-state index is 0.00159. The molecule has 0 amide bonds. The molecule has 3 aliphatic rings. The molecule has 3 atom stereocenters. The van der Waals surface area contributed by atoms with E-state index in [1.165, 1.54) is 5.56 Å². The molecule has 4 nitrogen and oxygen atoms in total. The van der Waals surface area contributed by atoms with Gasteiger partial charge in [0.1, 0.15) is 6.23 Å². The van der Waals surface area contributed by atoms with Crippen molar-refractivity contribution in [2.45, 2.75) is 81.1 Å². The molecule has 150 valence electrons. The molecule has 2 saturated carbocycles. The van der Waals surface area contributed by atoms with Crippen molar-refractivity contribution in [3.8, 4) is 0 Å². The van der Waals surface area contributed by atoms with E-state index in [-0.39, 0.29) is 24.9 Å². The van der Waals surface area contributed by atoms with E-state index in [4.69, 9.17) is 4.74 Å². The van der Waals surface area contributed by atoms with Crippen molar-refractivity contribution < 1.29 is 18.6 Å². The summed E-state index contributed by atoms with van der Waals surface area (Å²) in [6, 6.07) is 9.01. The van der Waals surface area contributed by atoms with Gasteiger partial charge in [-0.2, -0.15) is 0 Å². The molecular weight excluding hydrogens is 350 g/mol. The first kappa shape index (κ1) is 19.2. The summed E-state index contributed by atoms with van der Waals surface area (Å²) in [6.45, 7) is 1.49. The summed E-state index contributed by atoms with van der Waals surface area (Å²) < 4.78 is 32.0. The first-order valence-electron chi connectivity index (χ1n) is 10.3. The van der Waals surface area contributed by atoms with Crippen LogP contribution in [0.3, 0.4) is 0 Å². The molecule has 27 heavy (non-hydrogen) atoms. The van der Waals surface area contributed by atoms with Gasteiger partial charge in [-0.25, -0.2) is 8.78 Å². The van der Waals surface area contributed by atoms with Gasteiger partial charge in [0, 0.05) is 50.1 Å². The third kappa shape index (κ3) is 5.05. The van der Waals surface area contributed by atoms with Gasteiger partial charge in [0.2, 0.25) is 5.92 Å². The highest BCUT2D eigenvalue weighted by Gasteiger charge is 2.42. The molecule has 3 fully saturated rings. The number of hydrogen-bond acceptors (Lipinski definition) is 4. The van der Waals surface area contributed by atoms with E-state index < -0.39 is 12.2 Å². The van der Waals surface area contributed by atoms with Gasteiger partial charge in [0.25, 0.3) is 0 Å². The Kier molecular flexibility index (Phi) is 5.78. The number of ether oxygens (including phenoxy) is 1. The Morgan fingerprint density at radius 3 is 2.56 bits per heavy atom. The lowest BCUT2D eigenvalue weighted by atomic mass is 9.92. The highest BCUT2D eigenvalue weighted by atomic mass is 19.3. The van der Waals surface area contributed by atoms with Crippen molar-refractivity contribution in [2.75, 3.05) is 13.2 Å². The summed E-state index contributed by atoms with van der Waals surface area (Å²) in [4.78, 5) is 0. The number of aliphatic hydroxyl groups excluding tert-OH is 1. The van der Waals surface area contributed by atoms with Crippen LogP contribution in [-0.4, -0.2) is 42.4 Å². The van der Waals surface area contributed by atoms with Gasteiger partial charge in [-0.1, -0.05) is 24.3 Å².